The fourth-order valence-electron chi connectivity index (χ4n) is 5.74. The normalized spacial score (nSPS) is 31.0. The van der Waals surface area contributed by atoms with Crippen molar-refractivity contribution >= 4 is 11.6 Å². The van der Waals surface area contributed by atoms with Crippen molar-refractivity contribution in [3.63, 3.8) is 0 Å². The molecular weight excluding hydrogens is 340 g/mol. The van der Waals surface area contributed by atoms with E-state index in [2.05, 4.69) is 6.92 Å². The third-order valence-corrected chi connectivity index (χ3v) is 7.36. The molecule has 2 N–H and O–H groups in total. The SMILES string of the molecule is CC(C)C(=O)CC[C@@](O)(CCCC(C)(C)O)[C@@H]1CC[C@H]2C(=O)CCC[C@@]21C. The summed E-state index contributed by atoms with van der Waals surface area (Å²) in [4.78, 5) is 24.7. The maximum absolute atomic E-state index is 12.5. The van der Waals surface area contributed by atoms with Crippen LogP contribution in [-0.2, 0) is 9.59 Å². The molecule has 2 rings (SSSR count). The molecule has 0 amide bonds. The summed E-state index contributed by atoms with van der Waals surface area (Å²) in [7, 11) is 0. The highest BCUT2D eigenvalue weighted by atomic mass is 16.3. The number of rotatable bonds is 9. The van der Waals surface area contributed by atoms with Crippen molar-refractivity contribution in [2.75, 3.05) is 0 Å². The molecule has 0 unspecified atom stereocenters. The van der Waals surface area contributed by atoms with Crippen LogP contribution in [0.1, 0.15) is 98.8 Å². The van der Waals surface area contributed by atoms with Crippen LogP contribution in [0.2, 0.25) is 0 Å². The Hall–Kier alpha value is -0.740. The monoisotopic (exact) mass is 380 g/mol. The van der Waals surface area contributed by atoms with Crippen molar-refractivity contribution in [3.8, 4) is 0 Å². The number of Topliss-reactive ketones (excluding diaryl/α,β-unsaturated/α-hetero) is 2. The molecule has 0 radical (unpaired) electrons. The maximum atomic E-state index is 12.5. The summed E-state index contributed by atoms with van der Waals surface area (Å²) in [5.74, 6) is 0.659. The summed E-state index contributed by atoms with van der Waals surface area (Å²) >= 11 is 0. The topological polar surface area (TPSA) is 74.6 Å². The number of aliphatic hydroxyl groups is 2. The molecule has 0 saturated heterocycles. The molecule has 0 spiro atoms. The van der Waals surface area contributed by atoms with Gasteiger partial charge in [0, 0.05) is 24.7 Å². The van der Waals surface area contributed by atoms with Gasteiger partial charge in [0.05, 0.1) is 11.2 Å². The summed E-state index contributed by atoms with van der Waals surface area (Å²) in [6, 6.07) is 0. The van der Waals surface area contributed by atoms with Crippen molar-refractivity contribution in [2.45, 2.75) is 110 Å². The van der Waals surface area contributed by atoms with E-state index in [0.29, 0.717) is 37.9 Å². The van der Waals surface area contributed by atoms with Crippen LogP contribution in [0.4, 0.5) is 0 Å². The molecule has 4 nitrogen and oxygen atoms in total. The molecule has 0 heterocycles. The summed E-state index contributed by atoms with van der Waals surface area (Å²) in [5, 5.41) is 21.8. The van der Waals surface area contributed by atoms with Crippen LogP contribution < -0.4 is 0 Å². The summed E-state index contributed by atoms with van der Waals surface area (Å²) in [6.45, 7) is 9.59. The van der Waals surface area contributed by atoms with Crippen molar-refractivity contribution in [1.82, 2.24) is 0 Å². The van der Waals surface area contributed by atoms with E-state index in [-0.39, 0.29) is 29.0 Å². The van der Waals surface area contributed by atoms with E-state index in [1.165, 1.54) is 0 Å². The second-order valence-electron chi connectivity index (χ2n) is 10.4. The Morgan fingerprint density at radius 1 is 1.19 bits per heavy atom. The van der Waals surface area contributed by atoms with Gasteiger partial charge in [0.2, 0.25) is 0 Å². The van der Waals surface area contributed by atoms with Gasteiger partial charge in [-0.25, -0.2) is 0 Å². The van der Waals surface area contributed by atoms with Gasteiger partial charge in [0.1, 0.15) is 11.6 Å². The first-order valence-corrected chi connectivity index (χ1v) is 10.9. The van der Waals surface area contributed by atoms with E-state index in [0.717, 1.165) is 32.1 Å². The minimum absolute atomic E-state index is 0.0196. The Labute approximate surface area is 165 Å². The highest BCUT2D eigenvalue weighted by molar-refractivity contribution is 5.83. The maximum Gasteiger partial charge on any atom is 0.136 e. The highest BCUT2D eigenvalue weighted by Gasteiger charge is 2.57. The van der Waals surface area contributed by atoms with E-state index in [4.69, 9.17) is 0 Å². The molecule has 2 aliphatic rings. The zero-order chi connectivity index (χ0) is 20.5. The second kappa shape index (κ2) is 8.32. The number of hydrogen-bond donors (Lipinski definition) is 2. The first-order chi connectivity index (χ1) is 12.4. The average molecular weight is 381 g/mol. The summed E-state index contributed by atoms with van der Waals surface area (Å²) in [5.41, 5.74) is -1.84. The average Bonchev–Trinajstić information content (AvgIpc) is 2.90. The van der Waals surface area contributed by atoms with Crippen molar-refractivity contribution < 1.29 is 19.8 Å². The van der Waals surface area contributed by atoms with Crippen molar-refractivity contribution in [3.05, 3.63) is 0 Å². The molecule has 2 fully saturated rings. The van der Waals surface area contributed by atoms with Gasteiger partial charge in [-0.1, -0.05) is 20.8 Å². The quantitative estimate of drug-likeness (QED) is 0.620. The molecule has 27 heavy (non-hydrogen) atoms. The molecule has 0 aromatic rings. The predicted octanol–water partition coefficient (Wildman–Crippen LogP) is 4.45. The standard InChI is InChI=1S/C23H40O4/c1-16(2)18(24)11-15-23(27,14-7-12-21(3,4)26)20-10-9-17-19(25)8-6-13-22(17,20)5/h16-17,20,26-27H,6-15H2,1-5H3/t17-,20+,22-,23-/m0/s1. The smallest absolute Gasteiger partial charge is 0.136 e. The van der Waals surface area contributed by atoms with Crippen LogP contribution in [0.5, 0.6) is 0 Å². The van der Waals surface area contributed by atoms with Crippen molar-refractivity contribution in [1.29, 1.82) is 0 Å². The Kier molecular flexibility index (Phi) is 6.95. The van der Waals surface area contributed by atoms with E-state index in [1.54, 1.807) is 13.8 Å². The van der Waals surface area contributed by atoms with Gasteiger partial charge in [-0.3, -0.25) is 9.59 Å². The Balaban J connectivity index is 2.20. The number of fused-ring (bicyclic) bond motifs is 1. The van der Waals surface area contributed by atoms with Crippen LogP contribution in [0.15, 0.2) is 0 Å². The molecule has 156 valence electrons. The van der Waals surface area contributed by atoms with Gasteiger partial charge in [0.25, 0.3) is 0 Å². The summed E-state index contributed by atoms with van der Waals surface area (Å²) in [6.07, 6.45) is 7.10. The van der Waals surface area contributed by atoms with E-state index >= 15 is 0 Å². The predicted molar refractivity (Wildman–Crippen MR) is 107 cm³/mol. The summed E-state index contributed by atoms with van der Waals surface area (Å²) < 4.78 is 0. The lowest BCUT2D eigenvalue weighted by molar-refractivity contribution is -0.137. The highest BCUT2D eigenvalue weighted by Crippen LogP contribution is 2.59. The van der Waals surface area contributed by atoms with Crippen LogP contribution in [-0.4, -0.2) is 33.0 Å². The van der Waals surface area contributed by atoms with Gasteiger partial charge >= 0.3 is 0 Å². The first kappa shape index (κ1) is 22.5. The lowest BCUT2D eigenvalue weighted by Gasteiger charge is -2.47. The van der Waals surface area contributed by atoms with Crippen LogP contribution >= 0.6 is 0 Å². The van der Waals surface area contributed by atoms with Gasteiger partial charge in [-0.15, -0.1) is 0 Å². The number of hydrogen-bond acceptors (Lipinski definition) is 4. The Morgan fingerprint density at radius 2 is 1.85 bits per heavy atom. The largest absolute Gasteiger partial charge is 0.390 e. The van der Waals surface area contributed by atoms with Crippen LogP contribution in [0, 0.1) is 23.2 Å². The molecule has 2 aliphatic carbocycles. The van der Waals surface area contributed by atoms with Crippen LogP contribution in [0.3, 0.4) is 0 Å². The Bertz CT molecular complexity index is 547. The van der Waals surface area contributed by atoms with E-state index in [1.807, 2.05) is 13.8 Å². The number of carbonyl (C=O) groups is 2. The molecule has 0 aliphatic heterocycles. The molecular formula is C23H40O4. The molecule has 4 heteroatoms. The van der Waals surface area contributed by atoms with Gasteiger partial charge < -0.3 is 10.2 Å². The van der Waals surface area contributed by atoms with E-state index < -0.39 is 11.2 Å². The van der Waals surface area contributed by atoms with Crippen molar-refractivity contribution in [2.24, 2.45) is 23.2 Å². The number of carbonyl (C=O) groups excluding carboxylic acids is 2. The van der Waals surface area contributed by atoms with Gasteiger partial charge in [0.15, 0.2) is 0 Å². The molecule has 0 aromatic carbocycles. The fraction of sp³-hybridized carbons (Fsp3) is 0.913. The first-order valence-electron chi connectivity index (χ1n) is 10.9. The third kappa shape index (κ3) is 5.20. The lowest BCUT2D eigenvalue weighted by Crippen LogP contribution is -2.49. The Morgan fingerprint density at radius 3 is 2.44 bits per heavy atom. The minimum atomic E-state index is -0.934. The zero-order valence-corrected chi connectivity index (χ0v) is 18.0. The van der Waals surface area contributed by atoms with Gasteiger partial charge in [-0.05, 0) is 76.5 Å². The minimum Gasteiger partial charge on any atom is -0.390 e. The molecule has 2 saturated carbocycles. The molecule has 0 aromatic heterocycles. The zero-order valence-electron chi connectivity index (χ0n) is 18.0. The fourth-order valence-corrected chi connectivity index (χ4v) is 5.74. The lowest BCUT2D eigenvalue weighted by atomic mass is 9.59. The molecule has 4 atom stereocenters. The third-order valence-electron chi connectivity index (χ3n) is 7.36. The van der Waals surface area contributed by atoms with Gasteiger partial charge in [-0.2, -0.15) is 0 Å². The molecule has 0 bridgehead atoms. The van der Waals surface area contributed by atoms with E-state index in [9.17, 15) is 19.8 Å². The van der Waals surface area contributed by atoms with Crippen LogP contribution in [0.25, 0.3) is 0 Å². The second-order valence-corrected chi connectivity index (χ2v) is 10.4. The number of ketones is 2.